The van der Waals surface area contributed by atoms with Crippen molar-refractivity contribution >= 4 is 7.82 Å². The Bertz CT molecular complexity index is 651. The fourth-order valence-electron chi connectivity index (χ4n) is 2.16. The lowest BCUT2D eigenvalue weighted by Gasteiger charge is -2.22. The third kappa shape index (κ3) is 3.96. The summed E-state index contributed by atoms with van der Waals surface area (Å²) in [6.07, 6.45) is -4.48. The van der Waals surface area contributed by atoms with Gasteiger partial charge < -0.3 is 24.9 Å². The fraction of sp³-hybridized carbons (Fsp3) is 0.636. The van der Waals surface area contributed by atoms with Gasteiger partial charge in [-0.2, -0.15) is 0 Å². The van der Waals surface area contributed by atoms with E-state index in [0.29, 0.717) is 0 Å². The Hall–Kier alpha value is -1.33. The molecule has 0 bridgehead atoms. The summed E-state index contributed by atoms with van der Waals surface area (Å²) in [7, 11) is -4.47. The van der Waals surface area contributed by atoms with E-state index in [2.05, 4.69) is 9.51 Å². The van der Waals surface area contributed by atoms with Gasteiger partial charge in [-0.05, 0) is 18.9 Å². The van der Waals surface area contributed by atoms with E-state index in [1.165, 1.54) is 6.92 Å². The molecule has 1 aromatic heterocycles. The smallest absolute Gasteiger partial charge is 0.472 e. The summed E-state index contributed by atoms with van der Waals surface area (Å²) in [4.78, 5) is 24.3. The van der Waals surface area contributed by atoms with Crippen molar-refractivity contribution in [1.82, 2.24) is 9.55 Å². The van der Waals surface area contributed by atoms with E-state index in [0.717, 1.165) is 16.8 Å². The first-order valence-corrected chi connectivity index (χ1v) is 8.15. The molecule has 130 valence electrons. The molecule has 5 atom stereocenters. The topological polar surface area (TPSA) is 163 Å². The minimum absolute atomic E-state index is 0.112. The van der Waals surface area contributed by atoms with Crippen molar-refractivity contribution in [3.8, 4) is 5.88 Å². The molecule has 1 saturated heterocycles. The first-order valence-electron chi connectivity index (χ1n) is 6.65. The Labute approximate surface area is 130 Å². The van der Waals surface area contributed by atoms with Gasteiger partial charge in [-0.25, -0.2) is 14.3 Å². The van der Waals surface area contributed by atoms with Crippen molar-refractivity contribution in [2.75, 3.05) is 13.2 Å². The van der Waals surface area contributed by atoms with Crippen LogP contribution in [0.25, 0.3) is 0 Å². The average Bonchev–Trinajstić information content (AvgIpc) is 2.75. The van der Waals surface area contributed by atoms with Gasteiger partial charge in [0.1, 0.15) is 18.3 Å². The predicted octanol–water partition coefficient (Wildman–Crippen LogP) is -1.91. The highest BCUT2D eigenvalue weighted by atomic mass is 31.2. The molecule has 0 radical (unpaired) electrons. The highest BCUT2D eigenvalue weighted by Crippen LogP contribution is 2.48. The molecule has 2 rings (SSSR count). The molecule has 1 aromatic rings. The number of phosphoric acid groups is 1. The maximum absolute atomic E-state index is 11.7. The Morgan fingerprint density at radius 2 is 2.26 bits per heavy atom. The summed E-state index contributed by atoms with van der Waals surface area (Å²) in [5.41, 5.74) is -0.976. The molecule has 0 amide bonds. The Morgan fingerprint density at radius 1 is 1.57 bits per heavy atom. The minimum Gasteiger partial charge on any atom is -0.858 e. The molecule has 3 N–H and O–H groups in total. The predicted molar refractivity (Wildman–Crippen MR) is 71.3 cm³/mol. The maximum atomic E-state index is 11.7. The standard InChI is InChI=1S/C11H17N2O9P/c1-2-20-23(18,19)22-9-6(5-14)21-10(8(9)16)13-4-3-7(15)12-11(13)17/h3-4,6,8-10,14,16H,2,5H2,1H3,(H,18,19)(H,12,15,17)/p-1/t6-,8-,9-,10-/m1/s1. The second-order valence-electron chi connectivity index (χ2n) is 4.65. The second-order valence-corrected chi connectivity index (χ2v) is 6.06. The number of aliphatic hydroxyl groups excluding tert-OH is 2. The first kappa shape index (κ1) is 18.0. The van der Waals surface area contributed by atoms with Crippen molar-refractivity contribution in [1.29, 1.82) is 0 Å². The van der Waals surface area contributed by atoms with Crippen LogP contribution in [0.3, 0.4) is 0 Å². The molecule has 0 aliphatic carbocycles. The highest BCUT2D eigenvalue weighted by Gasteiger charge is 2.48. The second kappa shape index (κ2) is 7.05. The van der Waals surface area contributed by atoms with Crippen LogP contribution in [0, 0.1) is 0 Å². The summed E-state index contributed by atoms with van der Waals surface area (Å²) in [5.74, 6) is -0.763. The Balaban J connectivity index is 2.26. The van der Waals surface area contributed by atoms with Crippen LogP contribution in [0.4, 0.5) is 0 Å². The zero-order valence-corrected chi connectivity index (χ0v) is 12.9. The molecule has 1 aliphatic rings. The highest BCUT2D eigenvalue weighted by molar-refractivity contribution is 7.47. The van der Waals surface area contributed by atoms with Crippen LogP contribution in [-0.2, 0) is 18.3 Å². The lowest BCUT2D eigenvalue weighted by Crippen LogP contribution is -2.37. The molecule has 0 aromatic carbocycles. The molecule has 2 heterocycles. The molecule has 11 nitrogen and oxygen atoms in total. The molecule has 0 spiro atoms. The number of rotatable bonds is 6. The van der Waals surface area contributed by atoms with E-state index >= 15 is 0 Å². The van der Waals surface area contributed by atoms with Crippen LogP contribution >= 0.6 is 7.82 Å². The Morgan fingerprint density at radius 3 is 2.83 bits per heavy atom. The molecular weight excluding hydrogens is 335 g/mol. The summed E-state index contributed by atoms with van der Waals surface area (Å²) in [5, 5.41) is 30.5. The molecule has 1 fully saturated rings. The largest absolute Gasteiger partial charge is 0.858 e. The first-order chi connectivity index (χ1) is 10.8. The van der Waals surface area contributed by atoms with Gasteiger partial charge in [0.25, 0.3) is 0 Å². The number of aromatic nitrogens is 2. The molecular formula is C11H16N2O9P-. The number of aliphatic hydroxyl groups is 2. The van der Waals surface area contributed by atoms with Crippen molar-refractivity contribution in [3.63, 3.8) is 0 Å². The van der Waals surface area contributed by atoms with E-state index in [4.69, 9.17) is 9.26 Å². The van der Waals surface area contributed by atoms with Crippen LogP contribution in [0.1, 0.15) is 13.2 Å². The third-order valence-electron chi connectivity index (χ3n) is 3.12. The number of nitrogens with zero attached hydrogens (tertiary/aromatic N) is 2. The number of hydrogen-bond acceptors (Lipinski definition) is 9. The van der Waals surface area contributed by atoms with Crippen LogP contribution in [-0.4, -0.2) is 56.2 Å². The minimum atomic E-state index is -4.47. The zero-order chi connectivity index (χ0) is 17.2. The van der Waals surface area contributed by atoms with Gasteiger partial charge in [-0.3, -0.25) is 13.6 Å². The lowest BCUT2D eigenvalue weighted by molar-refractivity contribution is -0.275. The van der Waals surface area contributed by atoms with Crippen molar-refractivity contribution in [2.24, 2.45) is 0 Å². The van der Waals surface area contributed by atoms with Crippen LogP contribution < -0.4 is 10.8 Å². The van der Waals surface area contributed by atoms with E-state index in [9.17, 15) is 29.6 Å². The number of hydrogen-bond donors (Lipinski definition) is 3. The van der Waals surface area contributed by atoms with Gasteiger partial charge in [0, 0.05) is 6.20 Å². The summed E-state index contributed by atoms with van der Waals surface area (Å²) < 4.78 is 27.1. The van der Waals surface area contributed by atoms with Gasteiger partial charge >= 0.3 is 13.5 Å². The normalized spacial score (nSPS) is 30.3. The molecule has 23 heavy (non-hydrogen) atoms. The van der Waals surface area contributed by atoms with Crippen LogP contribution in [0.15, 0.2) is 17.1 Å². The lowest BCUT2D eigenvalue weighted by atomic mass is 10.1. The summed E-state index contributed by atoms with van der Waals surface area (Å²) >= 11 is 0. The van der Waals surface area contributed by atoms with Gasteiger partial charge in [0.15, 0.2) is 6.23 Å². The van der Waals surface area contributed by atoms with E-state index in [1.807, 2.05) is 0 Å². The maximum Gasteiger partial charge on any atom is 0.472 e. The van der Waals surface area contributed by atoms with Gasteiger partial charge in [0.2, 0.25) is 0 Å². The SMILES string of the molecule is CCOP(=O)(O)O[C@H]1[C@@H](O)[C@H](n2ccc([O-])nc2=O)O[C@@H]1CO. The fourth-order valence-corrected chi connectivity index (χ4v) is 3.12. The monoisotopic (exact) mass is 351 g/mol. The third-order valence-corrected chi connectivity index (χ3v) is 4.21. The van der Waals surface area contributed by atoms with Gasteiger partial charge in [-0.1, -0.05) is 0 Å². The number of ether oxygens (including phenoxy) is 1. The van der Waals surface area contributed by atoms with E-state index in [-0.39, 0.29) is 6.61 Å². The van der Waals surface area contributed by atoms with Gasteiger partial charge in [-0.15, -0.1) is 0 Å². The average molecular weight is 351 g/mol. The molecule has 0 saturated carbocycles. The van der Waals surface area contributed by atoms with E-state index < -0.39 is 50.5 Å². The summed E-state index contributed by atoms with van der Waals surface area (Å²) in [6.45, 7) is 0.709. The quantitative estimate of drug-likeness (QED) is 0.493. The van der Waals surface area contributed by atoms with Crippen molar-refractivity contribution in [3.05, 3.63) is 22.7 Å². The zero-order valence-electron chi connectivity index (χ0n) is 12.0. The van der Waals surface area contributed by atoms with Crippen molar-refractivity contribution in [2.45, 2.75) is 31.5 Å². The molecule has 12 heteroatoms. The Kier molecular flexibility index (Phi) is 5.53. The van der Waals surface area contributed by atoms with Crippen molar-refractivity contribution < 1.29 is 38.6 Å². The van der Waals surface area contributed by atoms with Crippen LogP contribution in [0.2, 0.25) is 0 Å². The number of phosphoric ester groups is 1. The van der Waals surface area contributed by atoms with Gasteiger partial charge in [0.05, 0.1) is 13.2 Å². The molecule has 1 unspecified atom stereocenters. The van der Waals surface area contributed by atoms with E-state index in [1.54, 1.807) is 0 Å². The van der Waals surface area contributed by atoms with Crippen LogP contribution in [0.5, 0.6) is 5.88 Å². The summed E-state index contributed by atoms with van der Waals surface area (Å²) in [6, 6.07) is 0.983. The molecule has 1 aliphatic heterocycles.